The van der Waals surface area contributed by atoms with E-state index in [1.807, 2.05) is 38.1 Å². The molecule has 2 N–H and O–H groups in total. The van der Waals surface area contributed by atoms with Crippen molar-refractivity contribution in [3.05, 3.63) is 24.3 Å². The molecule has 0 saturated heterocycles. The summed E-state index contributed by atoms with van der Waals surface area (Å²) in [4.78, 5) is 0. The van der Waals surface area contributed by atoms with E-state index < -0.39 is 0 Å². The largest absolute Gasteiger partial charge is 0.491 e. The van der Waals surface area contributed by atoms with E-state index in [1.54, 1.807) is 0 Å². The van der Waals surface area contributed by atoms with Crippen molar-refractivity contribution in [1.82, 2.24) is 0 Å². The molecule has 0 amide bonds. The Morgan fingerprint density at radius 3 is 2.00 bits per heavy atom. The second-order valence-electron chi connectivity index (χ2n) is 4.56. The highest BCUT2D eigenvalue weighted by Crippen LogP contribution is 2.12. The molecule has 20 heavy (non-hydrogen) atoms. The van der Waals surface area contributed by atoms with Crippen LogP contribution in [0, 0.1) is 0 Å². The number of benzene rings is 1. The topological polar surface area (TPSA) is 62.9 Å². The van der Waals surface area contributed by atoms with Crippen LogP contribution in [0.4, 0.5) is 5.69 Å². The molecule has 1 aromatic rings. The number of ether oxygens (including phenoxy) is 4. The van der Waals surface area contributed by atoms with Crippen LogP contribution in [0.2, 0.25) is 0 Å². The first-order valence-electron chi connectivity index (χ1n) is 6.94. The Morgan fingerprint density at radius 1 is 0.850 bits per heavy atom. The van der Waals surface area contributed by atoms with Gasteiger partial charge in [0.05, 0.1) is 39.1 Å². The summed E-state index contributed by atoms with van der Waals surface area (Å²) in [6.45, 7) is 7.42. The van der Waals surface area contributed by atoms with Crippen LogP contribution in [-0.4, -0.2) is 45.7 Å². The third-order valence-electron chi connectivity index (χ3n) is 2.43. The lowest BCUT2D eigenvalue weighted by Crippen LogP contribution is -2.14. The first kappa shape index (κ1) is 16.8. The molecule has 5 heteroatoms. The molecule has 0 bridgehead atoms. The van der Waals surface area contributed by atoms with E-state index in [4.69, 9.17) is 24.7 Å². The van der Waals surface area contributed by atoms with Gasteiger partial charge in [0.25, 0.3) is 0 Å². The van der Waals surface area contributed by atoms with Gasteiger partial charge in [0.1, 0.15) is 12.4 Å². The van der Waals surface area contributed by atoms with Gasteiger partial charge in [-0.1, -0.05) is 0 Å². The monoisotopic (exact) mass is 283 g/mol. The number of rotatable bonds is 11. The van der Waals surface area contributed by atoms with E-state index >= 15 is 0 Å². The van der Waals surface area contributed by atoms with Crippen molar-refractivity contribution in [3.8, 4) is 5.75 Å². The summed E-state index contributed by atoms with van der Waals surface area (Å²) in [5, 5.41) is 0. The molecule has 0 aliphatic carbocycles. The van der Waals surface area contributed by atoms with E-state index in [0.29, 0.717) is 39.6 Å². The molecule has 0 spiro atoms. The Morgan fingerprint density at radius 2 is 1.40 bits per heavy atom. The predicted molar refractivity (Wildman–Crippen MR) is 79.1 cm³/mol. The zero-order valence-electron chi connectivity index (χ0n) is 12.3. The van der Waals surface area contributed by atoms with Gasteiger partial charge in [-0.15, -0.1) is 0 Å². The van der Waals surface area contributed by atoms with Crippen LogP contribution in [0.15, 0.2) is 24.3 Å². The van der Waals surface area contributed by atoms with Crippen molar-refractivity contribution in [2.75, 3.05) is 45.4 Å². The molecule has 0 atom stereocenters. The molecule has 0 aliphatic heterocycles. The van der Waals surface area contributed by atoms with Gasteiger partial charge in [0, 0.05) is 5.69 Å². The summed E-state index contributed by atoms with van der Waals surface area (Å²) in [5.41, 5.74) is 6.31. The molecule has 0 saturated carbocycles. The third-order valence-corrected chi connectivity index (χ3v) is 2.43. The normalized spacial score (nSPS) is 10.9. The highest BCUT2D eigenvalue weighted by atomic mass is 16.6. The maximum Gasteiger partial charge on any atom is 0.119 e. The van der Waals surface area contributed by atoms with Gasteiger partial charge >= 0.3 is 0 Å². The Kier molecular flexibility index (Phi) is 8.78. The van der Waals surface area contributed by atoms with Crippen LogP contribution in [-0.2, 0) is 14.2 Å². The van der Waals surface area contributed by atoms with Crippen molar-refractivity contribution >= 4 is 5.69 Å². The average molecular weight is 283 g/mol. The highest BCUT2D eigenvalue weighted by Gasteiger charge is 1.95. The summed E-state index contributed by atoms with van der Waals surface area (Å²) in [6.07, 6.45) is 0.250. The minimum Gasteiger partial charge on any atom is -0.491 e. The molecular weight excluding hydrogens is 258 g/mol. The Labute approximate surface area is 121 Å². The maximum absolute atomic E-state index is 5.58. The summed E-state index contributed by atoms with van der Waals surface area (Å²) in [5.74, 6) is 0.796. The molecule has 0 fully saturated rings. The summed E-state index contributed by atoms with van der Waals surface area (Å²) >= 11 is 0. The SMILES string of the molecule is CC(C)OCCOCCOCCOc1ccc(N)cc1. The maximum atomic E-state index is 5.58. The number of hydrogen-bond acceptors (Lipinski definition) is 5. The lowest BCUT2D eigenvalue weighted by Gasteiger charge is -2.09. The molecule has 0 aromatic heterocycles. The van der Waals surface area contributed by atoms with Crippen LogP contribution >= 0.6 is 0 Å². The standard InChI is InChI=1S/C15H25NO4/c1-13(2)19-11-9-17-7-8-18-10-12-20-15-5-3-14(16)4-6-15/h3-6,13H,7-12,16H2,1-2H3. The molecule has 0 radical (unpaired) electrons. The smallest absolute Gasteiger partial charge is 0.119 e. The van der Waals surface area contributed by atoms with Gasteiger partial charge in [-0.3, -0.25) is 0 Å². The number of hydrogen-bond donors (Lipinski definition) is 1. The van der Waals surface area contributed by atoms with Gasteiger partial charge in [-0.25, -0.2) is 0 Å². The van der Waals surface area contributed by atoms with Gasteiger partial charge < -0.3 is 24.7 Å². The average Bonchev–Trinajstić information content (AvgIpc) is 2.42. The summed E-state index contributed by atoms with van der Waals surface area (Å²) in [7, 11) is 0. The van der Waals surface area contributed by atoms with Crippen molar-refractivity contribution in [2.24, 2.45) is 0 Å². The van der Waals surface area contributed by atoms with Crippen LogP contribution in [0.1, 0.15) is 13.8 Å². The van der Waals surface area contributed by atoms with Crippen LogP contribution in [0.3, 0.4) is 0 Å². The van der Waals surface area contributed by atoms with Crippen molar-refractivity contribution in [1.29, 1.82) is 0 Å². The molecule has 5 nitrogen and oxygen atoms in total. The second kappa shape index (κ2) is 10.5. The lowest BCUT2D eigenvalue weighted by atomic mass is 10.3. The van der Waals surface area contributed by atoms with Crippen molar-refractivity contribution < 1.29 is 18.9 Å². The molecule has 0 unspecified atom stereocenters. The molecule has 1 aromatic carbocycles. The van der Waals surface area contributed by atoms with Crippen LogP contribution in [0.25, 0.3) is 0 Å². The predicted octanol–water partition coefficient (Wildman–Crippen LogP) is 2.11. The summed E-state index contributed by atoms with van der Waals surface area (Å²) in [6, 6.07) is 7.30. The van der Waals surface area contributed by atoms with E-state index in [2.05, 4.69) is 0 Å². The van der Waals surface area contributed by atoms with E-state index in [-0.39, 0.29) is 6.10 Å². The minimum absolute atomic E-state index is 0.250. The lowest BCUT2D eigenvalue weighted by molar-refractivity contribution is -0.00466. The molecule has 0 aliphatic rings. The van der Waals surface area contributed by atoms with Crippen molar-refractivity contribution in [2.45, 2.75) is 20.0 Å². The van der Waals surface area contributed by atoms with Crippen molar-refractivity contribution in [3.63, 3.8) is 0 Å². The number of nitrogen functional groups attached to an aromatic ring is 1. The number of nitrogens with two attached hydrogens (primary N) is 1. The fourth-order valence-corrected chi connectivity index (χ4v) is 1.45. The highest BCUT2D eigenvalue weighted by molar-refractivity contribution is 5.41. The molecule has 1 rings (SSSR count). The van der Waals surface area contributed by atoms with E-state index in [9.17, 15) is 0 Å². The first-order valence-corrected chi connectivity index (χ1v) is 6.94. The Bertz CT molecular complexity index is 340. The zero-order valence-corrected chi connectivity index (χ0v) is 12.3. The Hall–Kier alpha value is -1.30. The van der Waals surface area contributed by atoms with Crippen LogP contribution < -0.4 is 10.5 Å². The van der Waals surface area contributed by atoms with Gasteiger partial charge in [0.2, 0.25) is 0 Å². The molecule has 0 heterocycles. The van der Waals surface area contributed by atoms with E-state index in [1.165, 1.54) is 0 Å². The second-order valence-corrected chi connectivity index (χ2v) is 4.56. The third kappa shape index (κ3) is 8.74. The van der Waals surface area contributed by atoms with Gasteiger partial charge in [-0.2, -0.15) is 0 Å². The van der Waals surface area contributed by atoms with E-state index in [0.717, 1.165) is 11.4 Å². The quantitative estimate of drug-likeness (QED) is 0.498. The Balaban J connectivity index is 1.86. The van der Waals surface area contributed by atoms with Crippen LogP contribution in [0.5, 0.6) is 5.75 Å². The van der Waals surface area contributed by atoms with Gasteiger partial charge in [0.15, 0.2) is 0 Å². The summed E-state index contributed by atoms with van der Waals surface area (Å²) < 4.78 is 21.6. The zero-order chi connectivity index (χ0) is 14.6. The van der Waals surface area contributed by atoms with Gasteiger partial charge in [-0.05, 0) is 38.1 Å². The molecular formula is C15H25NO4. The fourth-order valence-electron chi connectivity index (χ4n) is 1.45. The first-order chi connectivity index (χ1) is 9.68. The minimum atomic E-state index is 0.250. The number of anilines is 1. The molecule has 114 valence electrons. The fraction of sp³-hybridized carbons (Fsp3) is 0.600.